The van der Waals surface area contributed by atoms with Crippen LogP contribution >= 0.6 is 11.3 Å². The van der Waals surface area contributed by atoms with Crippen LogP contribution in [0.3, 0.4) is 0 Å². The van der Waals surface area contributed by atoms with E-state index in [1.54, 1.807) is 0 Å². The highest BCUT2D eigenvalue weighted by Crippen LogP contribution is 2.48. The lowest BCUT2D eigenvalue weighted by Crippen LogP contribution is -2.11. The van der Waals surface area contributed by atoms with Crippen LogP contribution in [-0.2, 0) is 0 Å². The van der Waals surface area contributed by atoms with Gasteiger partial charge in [0.15, 0.2) is 0 Å². The summed E-state index contributed by atoms with van der Waals surface area (Å²) in [4.78, 5) is 2.45. The molecule has 12 aromatic rings. The largest absolute Gasteiger partial charge is 0.310 e. The Bertz CT molecular complexity index is 3600. The van der Waals surface area contributed by atoms with Gasteiger partial charge in [-0.15, -0.1) is 11.3 Å². The van der Waals surface area contributed by atoms with Gasteiger partial charge >= 0.3 is 0 Å². The van der Waals surface area contributed by atoms with Crippen LogP contribution in [0.25, 0.3) is 96.6 Å². The van der Waals surface area contributed by atoms with Gasteiger partial charge in [-0.1, -0.05) is 182 Å². The van der Waals surface area contributed by atoms with Crippen molar-refractivity contribution in [2.75, 3.05) is 4.90 Å². The number of anilines is 3. The molecule has 0 radical (unpaired) electrons. The minimum atomic E-state index is 1.10. The van der Waals surface area contributed by atoms with E-state index in [0.29, 0.717) is 0 Å². The van der Waals surface area contributed by atoms with E-state index in [1.165, 1.54) is 96.6 Å². The molecule has 0 bridgehead atoms. The first-order valence-corrected chi connectivity index (χ1v) is 21.4. The number of hydrogen-bond acceptors (Lipinski definition) is 2. The van der Waals surface area contributed by atoms with E-state index in [4.69, 9.17) is 0 Å². The highest BCUT2D eigenvalue weighted by Gasteiger charge is 2.21. The van der Waals surface area contributed by atoms with Gasteiger partial charge in [-0.3, -0.25) is 0 Å². The van der Waals surface area contributed by atoms with Crippen molar-refractivity contribution >= 4 is 91.7 Å². The fraction of sp³-hybridized carbons (Fsp3) is 0. The first kappa shape index (κ1) is 34.5. The molecule has 1 nitrogen and oxygen atoms in total. The van der Waals surface area contributed by atoms with Crippen molar-refractivity contribution in [1.29, 1.82) is 0 Å². The summed E-state index contributed by atoms with van der Waals surface area (Å²) in [5, 5.41) is 12.8. The average molecular weight is 780 g/mol. The molecule has 0 N–H and O–H groups in total. The van der Waals surface area contributed by atoms with Gasteiger partial charge in [0.25, 0.3) is 0 Å². The van der Waals surface area contributed by atoms with E-state index in [-0.39, 0.29) is 0 Å². The van der Waals surface area contributed by atoms with E-state index >= 15 is 0 Å². The molecule has 0 spiro atoms. The molecule has 0 amide bonds. The molecule has 280 valence electrons. The fourth-order valence-corrected chi connectivity index (χ4v) is 10.7. The molecule has 2 heteroatoms. The molecule has 0 saturated carbocycles. The summed E-state index contributed by atoms with van der Waals surface area (Å²) in [5.41, 5.74) is 10.6. The Morgan fingerprint density at radius 2 is 0.917 bits per heavy atom. The van der Waals surface area contributed by atoms with Gasteiger partial charge < -0.3 is 4.90 Å². The monoisotopic (exact) mass is 779 g/mol. The van der Waals surface area contributed by atoms with Gasteiger partial charge in [-0.25, -0.2) is 0 Å². The molecule has 1 heterocycles. The van der Waals surface area contributed by atoms with Crippen molar-refractivity contribution < 1.29 is 0 Å². The lowest BCUT2D eigenvalue weighted by atomic mass is 9.87. The van der Waals surface area contributed by atoms with Crippen molar-refractivity contribution in [3.8, 4) is 33.4 Å². The first-order chi connectivity index (χ1) is 29.8. The van der Waals surface area contributed by atoms with E-state index in [0.717, 1.165) is 17.1 Å². The smallest absolute Gasteiger partial charge is 0.0540 e. The third-order valence-electron chi connectivity index (χ3n) is 12.2. The van der Waals surface area contributed by atoms with E-state index in [9.17, 15) is 0 Å². The van der Waals surface area contributed by atoms with E-state index < -0.39 is 0 Å². The van der Waals surface area contributed by atoms with Crippen LogP contribution in [0.4, 0.5) is 17.1 Å². The summed E-state index contributed by atoms with van der Waals surface area (Å²) in [6, 6.07) is 82.5. The number of fused-ring (bicyclic) bond motifs is 10. The highest BCUT2D eigenvalue weighted by molar-refractivity contribution is 7.26. The zero-order valence-corrected chi connectivity index (χ0v) is 33.5. The summed E-state index contributed by atoms with van der Waals surface area (Å²) in [6.07, 6.45) is 0. The Morgan fingerprint density at radius 3 is 1.75 bits per heavy atom. The second kappa shape index (κ2) is 14.1. The summed E-state index contributed by atoms with van der Waals surface area (Å²) >= 11 is 1.88. The fourth-order valence-electron chi connectivity index (χ4n) is 9.45. The van der Waals surface area contributed by atoms with Gasteiger partial charge in [-0.2, -0.15) is 0 Å². The van der Waals surface area contributed by atoms with Crippen molar-refractivity contribution in [3.05, 3.63) is 224 Å². The minimum absolute atomic E-state index is 1.10. The maximum atomic E-state index is 2.45. The maximum Gasteiger partial charge on any atom is 0.0540 e. The Labute approximate surface area is 352 Å². The second-order valence-corrected chi connectivity index (χ2v) is 16.7. The SMILES string of the molecule is c1ccc(-c2cccc(N(c3ccc(-c4cccc5c4sc4ccccc45)cc3)c3ccccc3-c3cc4ccc5ccccc5c4c4c3ccc3ccccc34)c2)cc1. The van der Waals surface area contributed by atoms with E-state index in [1.807, 2.05) is 11.3 Å². The molecule has 0 aliphatic heterocycles. The molecule has 0 aliphatic rings. The van der Waals surface area contributed by atoms with Crippen LogP contribution in [-0.4, -0.2) is 0 Å². The predicted octanol–water partition coefficient (Wildman–Crippen LogP) is 17.1. The van der Waals surface area contributed by atoms with E-state index in [2.05, 4.69) is 229 Å². The third kappa shape index (κ3) is 5.61. The predicted molar refractivity (Wildman–Crippen MR) is 260 cm³/mol. The molecular weight excluding hydrogens is 743 g/mol. The van der Waals surface area contributed by atoms with Gasteiger partial charge in [0.1, 0.15) is 0 Å². The number of thiophene rings is 1. The normalized spacial score (nSPS) is 11.7. The standard InChI is InChI=1S/C58H37NS/c1-2-14-38(15-3-1)42-18-12-19-45(36-42)59(44-33-30-41(31-34-44)48-24-13-25-52-50-23-9-11-27-55(50)60-58(48)52)54-26-10-8-22-49(54)53-37-43-29-28-39-16-4-6-20-46(39)56(43)57-47-21-7-5-17-40(47)32-35-51(53)57/h1-37H. The zero-order valence-electron chi connectivity index (χ0n) is 32.7. The molecule has 11 aromatic carbocycles. The number of para-hydroxylation sites is 1. The van der Waals surface area contributed by atoms with Gasteiger partial charge in [0.2, 0.25) is 0 Å². The molecular formula is C58H37NS. The lowest BCUT2D eigenvalue weighted by molar-refractivity contribution is 1.28. The summed E-state index contributed by atoms with van der Waals surface area (Å²) in [5.74, 6) is 0. The zero-order chi connectivity index (χ0) is 39.6. The summed E-state index contributed by atoms with van der Waals surface area (Å²) in [6.45, 7) is 0. The number of nitrogens with zero attached hydrogens (tertiary/aromatic N) is 1. The number of hydrogen-bond donors (Lipinski definition) is 0. The first-order valence-electron chi connectivity index (χ1n) is 20.6. The van der Waals surface area contributed by atoms with Gasteiger partial charge in [-0.05, 0) is 113 Å². The van der Waals surface area contributed by atoms with Gasteiger partial charge in [0, 0.05) is 37.1 Å². The molecule has 0 atom stereocenters. The van der Waals surface area contributed by atoms with Crippen molar-refractivity contribution in [2.24, 2.45) is 0 Å². The van der Waals surface area contributed by atoms with Crippen LogP contribution in [0.5, 0.6) is 0 Å². The molecule has 1 aromatic heterocycles. The Kier molecular flexibility index (Phi) is 8.11. The third-order valence-corrected chi connectivity index (χ3v) is 13.4. The Hall–Kier alpha value is -7.52. The highest BCUT2D eigenvalue weighted by atomic mass is 32.1. The molecule has 12 rings (SSSR count). The van der Waals surface area contributed by atoms with Crippen LogP contribution in [0.2, 0.25) is 0 Å². The van der Waals surface area contributed by atoms with Crippen LogP contribution in [0.1, 0.15) is 0 Å². The summed E-state index contributed by atoms with van der Waals surface area (Å²) in [7, 11) is 0. The Balaban J connectivity index is 1.09. The summed E-state index contributed by atoms with van der Waals surface area (Å²) < 4.78 is 2.65. The van der Waals surface area contributed by atoms with Gasteiger partial charge in [0.05, 0.1) is 5.69 Å². The number of rotatable bonds is 6. The van der Waals surface area contributed by atoms with Crippen LogP contribution in [0, 0.1) is 0 Å². The molecule has 0 aliphatic carbocycles. The Morgan fingerprint density at radius 1 is 0.300 bits per heavy atom. The lowest BCUT2D eigenvalue weighted by Gasteiger charge is -2.29. The van der Waals surface area contributed by atoms with Crippen molar-refractivity contribution in [3.63, 3.8) is 0 Å². The quantitative estimate of drug-likeness (QED) is 0.152. The minimum Gasteiger partial charge on any atom is -0.310 e. The molecule has 0 fully saturated rings. The second-order valence-electron chi connectivity index (χ2n) is 15.6. The van der Waals surface area contributed by atoms with Crippen LogP contribution < -0.4 is 4.90 Å². The molecule has 60 heavy (non-hydrogen) atoms. The maximum absolute atomic E-state index is 2.45. The average Bonchev–Trinajstić information content (AvgIpc) is 3.71. The molecule has 0 unspecified atom stereocenters. The van der Waals surface area contributed by atoms with Crippen LogP contribution in [0.15, 0.2) is 224 Å². The topological polar surface area (TPSA) is 3.24 Å². The van der Waals surface area contributed by atoms with Crippen molar-refractivity contribution in [2.45, 2.75) is 0 Å². The molecule has 0 saturated heterocycles. The van der Waals surface area contributed by atoms with Crippen molar-refractivity contribution in [1.82, 2.24) is 0 Å². The number of benzene rings is 11.